The molecule has 1 atom stereocenters. The van der Waals surface area contributed by atoms with Crippen molar-refractivity contribution in [2.24, 2.45) is 12.8 Å². The summed E-state index contributed by atoms with van der Waals surface area (Å²) in [6, 6.07) is 4.20. The highest BCUT2D eigenvalue weighted by atomic mass is 16.5. The third kappa shape index (κ3) is 1.79. The van der Waals surface area contributed by atoms with Gasteiger partial charge in [0.25, 0.3) is 0 Å². The van der Waals surface area contributed by atoms with Crippen molar-refractivity contribution in [3.8, 4) is 5.75 Å². The number of nitrogens with zero attached hydrogens (tertiary/aromatic N) is 1. The highest BCUT2D eigenvalue weighted by molar-refractivity contribution is 5.89. The standard InChI is InChI=1S/C15H22N2O/c1-9-6-12(18-5)7-13-11(3)14(10(2)8-16)17(4)15(9)13/h6-7,10H,8,16H2,1-5H3. The fourth-order valence-corrected chi connectivity index (χ4v) is 2.92. The first-order chi connectivity index (χ1) is 8.51. The highest BCUT2D eigenvalue weighted by Crippen LogP contribution is 2.34. The van der Waals surface area contributed by atoms with E-state index in [0.29, 0.717) is 12.5 Å². The molecule has 0 aliphatic carbocycles. The van der Waals surface area contributed by atoms with Crippen molar-refractivity contribution in [1.29, 1.82) is 0 Å². The third-order valence-corrected chi connectivity index (χ3v) is 3.82. The molecule has 0 fully saturated rings. The van der Waals surface area contributed by atoms with E-state index in [4.69, 9.17) is 10.5 Å². The van der Waals surface area contributed by atoms with Crippen LogP contribution in [0, 0.1) is 13.8 Å². The van der Waals surface area contributed by atoms with Crippen LogP contribution in [0.2, 0.25) is 0 Å². The van der Waals surface area contributed by atoms with Crippen molar-refractivity contribution >= 4 is 10.9 Å². The number of rotatable bonds is 3. The molecule has 1 aromatic carbocycles. The Morgan fingerprint density at radius 1 is 1.33 bits per heavy atom. The van der Waals surface area contributed by atoms with Gasteiger partial charge in [-0.3, -0.25) is 0 Å². The average Bonchev–Trinajstić information content (AvgIpc) is 2.61. The number of aromatic nitrogens is 1. The Morgan fingerprint density at radius 3 is 2.56 bits per heavy atom. The normalized spacial score (nSPS) is 13.0. The number of ether oxygens (including phenoxy) is 1. The van der Waals surface area contributed by atoms with Crippen LogP contribution in [0.4, 0.5) is 0 Å². The number of hydrogen-bond donors (Lipinski definition) is 1. The molecule has 98 valence electrons. The summed E-state index contributed by atoms with van der Waals surface area (Å²) < 4.78 is 7.63. The summed E-state index contributed by atoms with van der Waals surface area (Å²) in [7, 11) is 3.83. The smallest absolute Gasteiger partial charge is 0.119 e. The summed E-state index contributed by atoms with van der Waals surface area (Å²) in [5, 5.41) is 1.27. The van der Waals surface area contributed by atoms with Crippen molar-refractivity contribution in [2.45, 2.75) is 26.7 Å². The van der Waals surface area contributed by atoms with Gasteiger partial charge in [-0.05, 0) is 37.1 Å². The average molecular weight is 246 g/mol. The zero-order valence-electron chi connectivity index (χ0n) is 11.9. The number of aryl methyl sites for hydroxylation is 3. The fraction of sp³-hybridized carbons (Fsp3) is 0.467. The Bertz CT molecular complexity index is 584. The maximum absolute atomic E-state index is 5.82. The molecule has 0 aliphatic rings. The van der Waals surface area contributed by atoms with Gasteiger partial charge >= 0.3 is 0 Å². The first-order valence-corrected chi connectivity index (χ1v) is 6.34. The van der Waals surface area contributed by atoms with Gasteiger partial charge in [0.15, 0.2) is 0 Å². The second-order valence-electron chi connectivity index (χ2n) is 5.05. The predicted octanol–water partition coefficient (Wildman–Crippen LogP) is 2.87. The summed E-state index contributed by atoms with van der Waals surface area (Å²) in [5.74, 6) is 1.29. The first-order valence-electron chi connectivity index (χ1n) is 6.34. The van der Waals surface area contributed by atoms with Crippen LogP contribution in [0.5, 0.6) is 5.75 Å². The zero-order chi connectivity index (χ0) is 13.4. The maximum Gasteiger partial charge on any atom is 0.119 e. The minimum atomic E-state index is 0.368. The molecule has 0 saturated heterocycles. The van der Waals surface area contributed by atoms with E-state index in [0.717, 1.165) is 5.75 Å². The summed E-state index contributed by atoms with van der Waals surface area (Å²) in [5.41, 5.74) is 11.0. The summed E-state index contributed by atoms with van der Waals surface area (Å²) >= 11 is 0. The van der Waals surface area contributed by atoms with Crippen LogP contribution in [0.3, 0.4) is 0 Å². The molecule has 3 nitrogen and oxygen atoms in total. The Hall–Kier alpha value is -1.48. The molecule has 0 amide bonds. The van der Waals surface area contributed by atoms with E-state index in [-0.39, 0.29) is 0 Å². The molecule has 3 heteroatoms. The predicted molar refractivity (Wildman–Crippen MR) is 76.4 cm³/mol. The molecule has 2 aromatic rings. The van der Waals surface area contributed by atoms with E-state index in [1.807, 2.05) is 0 Å². The number of fused-ring (bicyclic) bond motifs is 1. The molecule has 2 N–H and O–H groups in total. The Balaban J connectivity index is 2.81. The minimum absolute atomic E-state index is 0.368. The van der Waals surface area contributed by atoms with Gasteiger partial charge in [0.05, 0.1) is 12.6 Å². The van der Waals surface area contributed by atoms with Crippen LogP contribution in [0.1, 0.15) is 29.7 Å². The largest absolute Gasteiger partial charge is 0.497 e. The van der Waals surface area contributed by atoms with E-state index < -0.39 is 0 Å². The summed E-state index contributed by atoms with van der Waals surface area (Å²) in [6.45, 7) is 7.14. The Kier molecular flexibility index (Phi) is 3.35. The topological polar surface area (TPSA) is 40.2 Å². The van der Waals surface area contributed by atoms with E-state index >= 15 is 0 Å². The molecule has 1 heterocycles. The molecule has 0 aliphatic heterocycles. The van der Waals surface area contributed by atoms with Gasteiger partial charge in [0.1, 0.15) is 5.75 Å². The van der Waals surface area contributed by atoms with Crippen LogP contribution < -0.4 is 10.5 Å². The molecule has 1 aromatic heterocycles. The Labute approximate surface area is 109 Å². The van der Waals surface area contributed by atoms with Crippen molar-refractivity contribution < 1.29 is 4.74 Å². The van der Waals surface area contributed by atoms with Crippen LogP contribution >= 0.6 is 0 Å². The maximum atomic E-state index is 5.82. The molecule has 0 radical (unpaired) electrons. The summed E-state index contributed by atoms with van der Waals surface area (Å²) in [6.07, 6.45) is 0. The lowest BCUT2D eigenvalue weighted by atomic mass is 10.0. The van der Waals surface area contributed by atoms with E-state index in [1.54, 1.807) is 7.11 Å². The van der Waals surface area contributed by atoms with Gasteiger partial charge in [-0.15, -0.1) is 0 Å². The quantitative estimate of drug-likeness (QED) is 0.904. The highest BCUT2D eigenvalue weighted by Gasteiger charge is 2.18. The zero-order valence-corrected chi connectivity index (χ0v) is 11.9. The van der Waals surface area contributed by atoms with Crippen LogP contribution in [-0.2, 0) is 7.05 Å². The third-order valence-electron chi connectivity index (χ3n) is 3.82. The van der Waals surface area contributed by atoms with Gasteiger partial charge in [0.2, 0.25) is 0 Å². The van der Waals surface area contributed by atoms with Gasteiger partial charge < -0.3 is 15.0 Å². The van der Waals surface area contributed by atoms with E-state index in [1.165, 1.54) is 27.7 Å². The van der Waals surface area contributed by atoms with Crippen LogP contribution in [0.25, 0.3) is 10.9 Å². The van der Waals surface area contributed by atoms with Crippen molar-refractivity contribution in [3.05, 3.63) is 29.0 Å². The molecule has 0 bridgehead atoms. The lowest BCUT2D eigenvalue weighted by Gasteiger charge is -2.12. The number of benzene rings is 1. The number of nitrogens with two attached hydrogens (primary N) is 1. The van der Waals surface area contributed by atoms with Gasteiger partial charge in [-0.25, -0.2) is 0 Å². The van der Waals surface area contributed by atoms with Gasteiger partial charge in [0, 0.05) is 30.6 Å². The molecular formula is C15H22N2O. The Morgan fingerprint density at radius 2 is 2.00 bits per heavy atom. The molecular weight excluding hydrogens is 224 g/mol. The molecule has 0 saturated carbocycles. The van der Waals surface area contributed by atoms with Crippen molar-refractivity contribution in [3.63, 3.8) is 0 Å². The molecule has 0 spiro atoms. The molecule has 1 unspecified atom stereocenters. The van der Waals surface area contributed by atoms with Crippen molar-refractivity contribution in [1.82, 2.24) is 4.57 Å². The second-order valence-corrected chi connectivity index (χ2v) is 5.05. The monoisotopic (exact) mass is 246 g/mol. The van der Waals surface area contributed by atoms with Crippen molar-refractivity contribution in [2.75, 3.05) is 13.7 Å². The van der Waals surface area contributed by atoms with Crippen LogP contribution in [-0.4, -0.2) is 18.2 Å². The molecule has 18 heavy (non-hydrogen) atoms. The van der Waals surface area contributed by atoms with Gasteiger partial charge in [-0.1, -0.05) is 6.92 Å². The second kappa shape index (κ2) is 4.65. The number of hydrogen-bond acceptors (Lipinski definition) is 2. The van der Waals surface area contributed by atoms with E-state index in [2.05, 4.69) is 44.5 Å². The van der Waals surface area contributed by atoms with E-state index in [9.17, 15) is 0 Å². The first kappa shape index (κ1) is 13.0. The lowest BCUT2D eigenvalue weighted by molar-refractivity contribution is 0.415. The fourth-order valence-electron chi connectivity index (χ4n) is 2.92. The minimum Gasteiger partial charge on any atom is -0.497 e. The van der Waals surface area contributed by atoms with Crippen LogP contribution in [0.15, 0.2) is 12.1 Å². The summed E-state index contributed by atoms with van der Waals surface area (Å²) in [4.78, 5) is 0. The lowest BCUT2D eigenvalue weighted by Crippen LogP contribution is -2.13. The number of methoxy groups -OCH3 is 1. The SMILES string of the molecule is COc1cc(C)c2c(c1)c(C)c(C(C)CN)n2C. The molecule has 2 rings (SSSR count). The van der Waals surface area contributed by atoms with Gasteiger partial charge in [-0.2, -0.15) is 0 Å².